The zero-order valence-corrected chi connectivity index (χ0v) is 15.9. The number of thiocarbonyl (C=S) groups is 1. The molecule has 0 radical (unpaired) electrons. The van der Waals surface area contributed by atoms with Gasteiger partial charge in [-0.2, -0.15) is 0 Å². The molecule has 0 bridgehead atoms. The second kappa shape index (κ2) is 8.24. The van der Waals surface area contributed by atoms with Crippen LogP contribution in [0.4, 0.5) is 5.69 Å². The quantitative estimate of drug-likeness (QED) is 0.564. The summed E-state index contributed by atoms with van der Waals surface area (Å²) < 4.78 is 5.86. The van der Waals surface area contributed by atoms with Crippen LogP contribution in [-0.4, -0.2) is 32.4 Å². The number of hydrogen-bond acceptors (Lipinski definition) is 6. The van der Waals surface area contributed by atoms with Gasteiger partial charge in [-0.1, -0.05) is 48.2 Å². The van der Waals surface area contributed by atoms with E-state index in [4.69, 9.17) is 22.1 Å². The van der Waals surface area contributed by atoms with E-state index in [0.29, 0.717) is 20.5 Å². The zero-order chi connectivity index (χ0) is 19.4. The van der Waals surface area contributed by atoms with Crippen LogP contribution in [0.5, 0.6) is 5.75 Å². The molecular weight excluding hydrogens is 384 g/mol. The molecule has 1 amide bonds. The molecule has 0 aliphatic carbocycles. The molecule has 1 aliphatic rings. The molecule has 1 saturated heterocycles. The Hall–Kier alpha value is -2.84. The summed E-state index contributed by atoms with van der Waals surface area (Å²) in [6.45, 7) is 1.45. The van der Waals surface area contributed by atoms with Crippen molar-refractivity contribution in [1.82, 2.24) is 5.01 Å². The lowest BCUT2D eigenvalue weighted by Gasteiger charge is -2.16. The highest BCUT2D eigenvalue weighted by Gasteiger charge is 2.32. The second-order valence-electron chi connectivity index (χ2n) is 5.63. The maximum Gasteiger partial charge on any atom is 0.344 e. The number of hydrogen-bond donors (Lipinski definition) is 2. The normalized spacial score (nSPS) is 16.5. The number of hydrazine groups is 1. The number of nitrogens with zero attached hydrogens (tertiary/aromatic N) is 1. The van der Waals surface area contributed by atoms with Gasteiger partial charge in [0, 0.05) is 5.56 Å². The molecule has 2 N–H and O–H groups in total. The maximum absolute atomic E-state index is 12.7. The summed E-state index contributed by atoms with van der Waals surface area (Å²) >= 11 is 6.47. The van der Waals surface area contributed by atoms with E-state index in [1.54, 1.807) is 30.3 Å². The highest BCUT2D eigenvalue weighted by atomic mass is 32.2. The first-order chi connectivity index (χ1) is 13.0. The number of benzene rings is 2. The van der Waals surface area contributed by atoms with Crippen molar-refractivity contribution in [2.24, 2.45) is 0 Å². The average Bonchev–Trinajstić information content (AvgIpc) is 2.91. The molecule has 1 heterocycles. The van der Waals surface area contributed by atoms with Gasteiger partial charge >= 0.3 is 5.97 Å². The van der Waals surface area contributed by atoms with Gasteiger partial charge in [0.15, 0.2) is 10.4 Å². The maximum atomic E-state index is 12.7. The van der Waals surface area contributed by atoms with Crippen LogP contribution in [0.1, 0.15) is 12.5 Å². The Morgan fingerprint density at radius 2 is 1.89 bits per heavy atom. The third-order valence-electron chi connectivity index (χ3n) is 3.67. The second-order valence-corrected chi connectivity index (χ2v) is 7.31. The van der Waals surface area contributed by atoms with Crippen molar-refractivity contribution in [2.75, 3.05) is 5.43 Å². The summed E-state index contributed by atoms with van der Waals surface area (Å²) in [5.74, 6) is -0.966. The summed E-state index contributed by atoms with van der Waals surface area (Å²) in [6, 6.07) is 16.2. The van der Waals surface area contributed by atoms with Gasteiger partial charge in [0.1, 0.15) is 5.75 Å². The summed E-state index contributed by atoms with van der Waals surface area (Å²) in [5, 5.41) is 10.3. The fourth-order valence-corrected chi connectivity index (χ4v) is 3.47. The van der Waals surface area contributed by atoms with Crippen LogP contribution in [0.15, 0.2) is 59.5 Å². The first-order valence-electron chi connectivity index (χ1n) is 8.04. The number of carbonyl (C=O) groups is 2. The number of rotatable bonds is 6. The highest BCUT2D eigenvalue weighted by Crippen LogP contribution is 2.34. The largest absolute Gasteiger partial charge is 0.479 e. The van der Waals surface area contributed by atoms with Crippen molar-refractivity contribution < 1.29 is 19.4 Å². The van der Waals surface area contributed by atoms with Crippen molar-refractivity contribution in [2.45, 2.75) is 13.0 Å². The first kappa shape index (κ1) is 18.9. The molecule has 6 nitrogen and oxygen atoms in total. The number of amides is 1. The molecule has 138 valence electrons. The van der Waals surface area contributed by atoms with Gasteiger partial charge in [-0.05, 0) is 43.4 Å². The van der Waals surface area contributed by atoms with Gasteiger partial charge in [-0.15, -0.1) is 0 Å². The summed E-state index contributed by atoms with van der Waals surface area (Å²) in [5.41, 5.74) is 4.34. The standard InChI is InChI=1S/C19H16N2O4S2/c1-12(18(23)24)25-15-10-6-5-7-13(15)11-16-17(22)21(19(26)27-16)20-14-8-3-2-4-9-14/h2-12,20H,1H3,(H,23,24)/b16-11+. The smallest absolute Gasteiger partial charge is 0.344 e. The van der Waals surface area contributed by atoms with Crippen LogP contribution >= 0.6 is 24.0 Å². The Morgan fingerprint density at radius 3 is 2.59 bits per heavy atom. The van der Waals surface area contributed by atoms with Crippen molar-refractivity contribution in [1.29, 1.82) is 0 Å². The number of anilines is 1. The zero-order valence-electron chi connectivity index (χ0n) is 14.3. The number of nitrogens with one attached hydrogen (secondary N) is 1. The fourth-order valence-electron chi connectivity index (χ4n) is 2.30. The van der Waals surface area contributed by atoms with Gasteiger partial charge in [0.05, 0.1) is 10.6 Å². The predicted octanol–water partition coefficient (Wildman–Crippen LogP) is 3.77. The van der Waals surface area contributed by atoms with Gasteiger partial charge in [0.2, 0.25) is 0 Å². The molecule has 27 heavy (non-hydrogen) atoms. The minimum absolute atomic E-state index is 0.282. The van der Waals surface area contributed by atoms with Crippen molar-refractivity contribution in [3.05, 3.63) is 65.1 Å². The Morgan fingerprint density at radius 1 is 1.22 bits per heavy atom. The molecule has 2 aromatic rings. The third-order valence-corrected chi connectivity index (χ3v) is 4.97. The number of carboxylic acids is 1. The molecule has 1 fully saturated rings. The molecule has 1 aliphatic heterocycles. The summed E-state index contributed by atoms with van der Waals surface area (Å²) in [6.07, 6.45) is 0.643. The van der Waals surface area contributed by atoms with Gasteiger partial charge < -0.3 is 9.84 Å². The van der Waals surface area contributed by atoms with E-state index in [-0.39, 0.29) is 5.91 Å². The molecule has 0 saturated carbocycles. The average molecular weight is 400 g/mol. The lowest BCUT2D eigenvalue weighted by molar-refractivity contribution is -0.144. The molecule has 3 rings (SSSR count). The Kier molecular flexibility index (Phi) is 5.78. The van der Waals surface area contributed by atoms with E-state index >= 15 is 0 Å². The van der Waals surface area contributed by atoms with E-state index in [1.165, 1.54) is 11.9 Å². The number of carboxylic acid groups (broad SMARTS) is 1. The van der Waals surface area contributed by atoms with Crippen molar-refractivity contribution >= 4 is 51.9 Å². The molecule has 8 heteroatoms. The molecule has 1 unspecified atom stereocenters. The van der Waals surface area contributed by atoms with E-state index in [9.17, 15) is 9.59 Å². The van der Waals surface area contributed by atoms with Crippen molar-refractivity contribution in [3.8, 4) is 5.75 Å². The van der Waals surface area contributed by atoms with Crippen LogP contribution in [0.2, 0.25) is 0 Å². The van der Waals surface area contributed by atoms with Crippen LogP contribution in [0, 0.1) is 0 Å². The molecule has 1 atom stereocenters. The van der Waals surface area contributed by atoms with Crippen LogP contribution in [0.25, 0.3) is 6.08 Å². The van der Waals surface area contributed by atoms with Gasteiger partial charge in [0.25, 0.3) is 5.91 Å². The molecule has 0 aromatic heterocycles. The summed E-state index contributed by atoms with van der Waals surface area (Å²) in [7, 11) is 0. The van der Waals surface area contributed by atoms with Gasteiger partial charge in [-0.25, -0.2) is 9.80 Å². The Balaban J connectivity index is 1.83. The van der Waals surface area contributed by atoms with Gasteiger partial charge in [-0.3, -0.25) is 10.2 Å². The monoisotopic (exact) mass is 400 g/mol. The summed E-state index contributed by atoms with van der Waals surface area (Å²) in [4.78, 5) is 24.2. The first-order valence-corrected chi connectivity index (χ1v) is 9.26. The topological polar surface area (TPSA) is 78.9 Å². The minimum atomic E-state index is -1.07. The lowest BCUT2D eigenvalue weighted by atomic mass is 10.2. The van der Waals surface area contributed by atoms with E-state index < -0.39 is 12.1 Å². The molecule has 0 spiro atoms. The van der Waals surface area contributed by atoms with Crippen molar-refractivity contribution in [3.63, 3.8) is 0 Å². The Bertz CT molecular complexity index is 915. The van der Waals surface area contributed by atoms with E-state index in [2.05, 4.69) is 5.43 Å². The SMILES string of the molecule is CC(Oc1ccccc1/C=C1/SC(=S)N(Nc2ccccc2)C1=O)C(=O)O. The molecule has 2 aromatic carbocycles. The van der Waals surface area contributed by atoms with E-state index in [1.807, 2.05) is 30.3 Å². The number of aliphatic carboxylic acids is 1. The predicted molar refractivity (Wildman–Crippen MR) is 109 cm³/mol. The number of thioether (sulfide) groups is 1. The highest BCUT2D eigenvalue weighted by molar-refractivity contribution is 8.26. The Labute approximate surface area is 165 Å². The fraction of sp³-hybridized carbons (Fsp3) is 0.105. The number of ether oxygens (including phenoxy) is 1. The number of carbonyl (C=O) groups excluding carboxylic acids is 1. The lowest BCUT2D eigenvalue weighted by Crippen LogP contribution is -2.33. The van der Waals surface area contributed by atoms with Crippen LogP contribution in [-0.2, 0) is 9.59 Å². The minimum Gasteiger partial charge on any atom is -0.479 e. The van der Waals surface area contributed by atoms with Crippen LogP contribution < -0.4 is 10.2 Å². The third kappa shape index (κ3) is 4.47. The van der Waals surface area contributed by atoms with E-state index in [0.717, 1.165) is 17.4 Å². The molecular formula is C19H16N2O4S2. The van der Waals surface area contributed by atoms with Crippen LogP contribution in [0.3, 0.4) is 0 Å². The number of para-hydroxylation sites is 2.